The number of hydroxylamine groups is 1. The summed E-state index contributed by atoms with van der Waals surface area (Å²) in [5, 5.41) is 10.8. The average Bonchev–Trinajstić information content (AvgIpc) is 2.28. The maximum Gasteiger partial charge on any atom is 0.162 e. The van der Waals surface area contributed by atoms with Crippen LogP contribution in [0.4, 0.5) is 5.69 Å². The predicted octanol–water partition coefficient (Wildman–Crippen LogP) is 1.93. The zero-order chi connectivity index (χ0) is 10.8. The number of rotatable bonds is 2. The molecule has 0 saturated heterocycles. The molecule has 0 aliphatic carbocycles. The van der Waals surface area contributed by atoms with Crippen molar-refractivity contribution in [3.63, 3.8) is 0 Å². The summed E-state index contributed by atoms with van der Waals surface area (Å²) in [6.07, 6.45) is 3.83. The number of hydrogen-bond acceptors (Lipinski definition) is 4. The molecule has 4 heteroatoms. The van der Waals surface area contributed by atoms with Crippen LogP contribution in [0.5, 0.6) is 11.5 Å². The highest BCUT2D eigenvalue weighted by Gasteiger charge is 2.15. The summed E-state index contributed by atoms with van der Waals surface area (Å²) in [5.41, 5.74) is 1.65. The first kappa shape index (κ1) is 9.86. The molecule has 4 nitrogen and oxygen atoms in total. The number of fused-ring (bicyclic) bond motifs is 1. The molecule has 15 heavy (non-hydrogen) atoms. The van der Waals surface area contributed by atoms with Crippen LogP contribution in [-0.2, 0) is 0 Å². The van der Waals surface area contributed by atoms with E-state index in [1.165, 1.54) is 5.06 Å². The van der Waals surface area contributed by atoms with Crippen LogP contribution in [0.25, 0.3) is 6.08 Å². The molecule has 1 heterocycles. The van der Waals surface area contributed by atoms with Crippen LogP contribution >= 0.6 is 0 Å². The molecule has 0 unspecified atom stereocenters. The Morgan fingerprint density at radius 1 is 1.20 bits per heavy atom. The minimum Gasteiger partial charge on any atom is -0.493 e. The second-order valence-corrected chi connectivity index (χ2v) is 3.25. The summed E-state index contributed by atoms with van der Waals surface area (Å²) in [7, 11) is 3.16. The molecule has 0 spiro atoms. The second kappa shape index (κ2) is 3.82. The normalized spacial score (nSPS) is 13.7. The molecule has 0 amide bonds. The molecule has 0 bridgehead atoms. The van der Waals surface area contributed by atoms with Gasteiger partial charge < -0.3 is 9.47 Å². The zero-order valence-corrected chi connectivity index (χ0v) is 8.73. The molecule has 1 N–H and O–H groups in total. The lowest BCUT2D eigenvalue weighted by atomic mass is 10.1. The maximum absolute atomic E-state index is 9.63. The molecule has 1 aliphatic heterocycles. The summed E-state index contributed by atoms with van der Waals surface area (Å²) in [6.45, 7) is 0.489. The van der Waals surface area contributed by atoms with E-state index in [2.05, 4.69) is 0 Å². The van der Waals surface area contributed by atoms with E-state index in [4.69, 9.17) is 9.47 Å². The largest absolute Gasteiger partial charge is 0.493 e. The summed E-state index contributed by atoms with van der Waals surface area (Å²) in [6, 6.07) is 3.60. The number of benzene rings is 1. The van der Waals surface area contributed by atoms with Crippen LogP contribution in [0, 0.1) is 0 Å². The van der Waals surface area contributed by atoms with Crippen molar-refractivity contribution < 1.29 is 14.7 Å². The van der Waals surface area contributed by atoms with Crippen LogP contribution in [0.15, 0.2) is 18.2 Å². The third-order valence-corrected chi connectivity index (χ3v) is 2.39. The SMILES string of the molecule is COc1cc2c(cc1OC)N(O)CC=C2. The quantitative estimate of drug-likeness (QED) is 0.804. The van der Waals surface area contributed by atoms with Gasteiger partial charge in [-0.1, -0.05) is 12.2 Å². The first-order valence-electron chi connectivity index (χ1n) is 4.65. The van der Waals surface area contributed by atoms with Gasteiger partial charge in [0.25, 0.3) is 0 Å². The van der Waals surface area contributed by atoms with Gasteiger partial charge in [-0.2, -0.15) is 0 Å². The smallest absolute Gasteiger partial charge is 0.162 e. The molecule has 0 fully saturated rings. The lowest BCUT2D eigenvalue weighted by molar-refractivity contribution is 0.264. The Kier molecular flexibility index (Phi) is 2.51. The fourth-order valence-corrected chi connectivity index (χ4v) is 1.62. The van der Waals surface area contributed by atoms with E-state index in [9.17, 15) is 5.21 Å². The van der Waals surface area contributed by atoms with E-state index in [0.717, 1.165) is 11.3 Å². The number of nitrogens with zero attached hydrogens (tertiary/aromatic N) is 1. The molecule has 1 aromatic rings. The first-order chi connectivity index (χ1) is 7.26. The van der Waals surface area contributed by atoms with Crippen molar-refractivity contribution in [1.29, 1.82) is 0 Å². The fourth-order valence-electron chi connectivity index (χ4n) is 1.62. The van der Waals surface area contributed by atoms with E-state index >= 15 is 0 Å². The zero-order valence-electron chi connectivity index (χ0n) is 8.73. The van der Waals surface area contributed by atoms with Crippen molar-refractivity contribution in [3.8, 4) is 11.5 Å². The van der Waals surface area contributed by atoms with Crippen molar-refractivity contribution >= 4 is 11.8 Å². The molecule has 0 atom stereocenters. The van der Waals surface area contributed by atoms with Gasteiger partial charge in [-0.3, -0.25) is 10.3 Å². The molecule has 2 rings (SSSR count). The van der Waals surface area contributed by atoms with Crippen molar-refractivity contribution in [2.75, 3.05) is 25.8 Å². The summed E-state index contributed by atoms with van der Waals surface area (Å²) < 4.78 is 10.3. The standard InChI is InChI=1S/C11H13NO3/c1-14-10-6-8-4-3-5-12(13)9(8)7-11(10)15-2/h3-4,6-7,13H,5H2,1-2H3. The Bertz CT molecular complexity index is 401. The lowest BCUT2D eigenvalue weighted by Gasteiger charge is -2.22. The van der Waals surface area contributed by atoms with Crippen molar-refractivity contribution in [1.82, 2.24) is 0 Å². The predicted molar refractivity (Wildman–Crippen MR) is 57.7 cm³/mol. The van der Waals surface area contributed by atoms with E-state index < -0.39 is 0 Å². The van der Waals surface area contributed by atoms with E-state index in [-0.39, 0.29) is 0 Å². The average molecular weight is 207 g/mol. The Hall–Kier alpha value is -1.68. The van der Waals surface area contributed by atoms with Crippen LogP contribution in [-0.4, -0.2) is 26.0 Å². The Balaban J connectivity index is 2.54. The minimum atomic E-state index is 0.489. The molecule has 0 saturated carbocycles. The second-order valence-electron chi connectivity index (χ2n) is 3.25. The number of hydrogen-bond donors (Lipinski definition) is 1. The molecule has 1 aliphatic rings. The molecular formula is C11H13NO3. The third kappa shape index (κ3) is 1.64. The van der Waals surface area contributed by atoms with E-state index in [0.29, 0.717) is 18.0 Å². The van der Waals surface area contributed by atoms with Gasteiger partial charge in [-0.05, 0) is 6.07 Å². The van der Waals surface area contributed by atoms with Crippen LogP contribution in [0.1, 0.15) is 5.56 Å². The van der Waals surface area contributed by atoms with E-state index in [1.807, 2.05) is 18.2 Å². The van der Waals surface area contributed by atoms with Gasteiger partial charge in [0.2, 0.25) is 0 Å². The topological polar surface area (TPSA) is 41.9 Å². The van der Waals surface area contributed by atoms with Crippen LogP contribution in [0.3, 0.4) is 0 Å². The molecule has 0 aromatic heterocycles. The van der Waals surface area contributed by atoms with Gasteiger partial charge >= 0.3 is 0 Å². The molecule has 0 radical (unpaired) electrons. The van der Waals surface area contributed by atoms with Crippen LogP contribution < -0.4 is 14.5 Å². The van der Waals surface area contributed by atoms with Gasteiger partial charge in [0.05, 0.1) is 26.5 Å². The molecular weight excluding hydrogens is 194 g/mol. The Morgan fingerprint density at radius 2 is 1.87 bits per heavy atom. The number of ether oxygens (including phenoxy) is 2. The Labute approximate surface area is 88.3 Å². The van der Waals surface area contributed by atoms with Gasteiger partial charge in [0, 0.05) is 11.6 Å². The summed E-state index contributed by atoms with van der Waals surface area (Å²) >= 11 is 0. The van der Waals surface area contributed by atoms with Crippen molar-refractivity contribution in [2.24, 2.45) is 0 Å². The number of anilines is 1. The first-order valence-corrected chi connectivity index (χ1v) is 4.65. The number of methoxy groups -OCH3 is 2. The van der Waals surface area contributed by atoms with Gasteiger partial charge in [-0.15, -0.1) is 0 Å². The third-order valence-electron chi connectivity index (χ3n) is 2.39. The maximum atomic E-state index is 9.63. The van der Waals surface area contributed by atoms with Gasteiger partial charge in [-0.25, -0.2) is 0 Å². The molecule has 1 aromatic carbocycles. The van der Waals surface area contributed by atoms with Crippen molar-refractivity contribution in [2.45, 2.75) is 0 Å². The molecule has 80 valence electrons. The van der Waals surface area contributed by atoms with Gasteiger partial charge in [0.1, 0.15) is 0 Å². The summed E-state index contributed by atoms with van der Waals surface area (Å²) in [4.78, 5) is 0. The highest BCUT2D eigenvalue weighted by molar-refractivity contribution is 5.74. The van der Waals surface area contributed by atoms with Crippen molar-refractivity contribution in [3.05, 3.63) is 23.8 Å². The van der Waals surface area contributed by atoms with Crippen LogP contribution in [0.2, 0.25) is 0 Å². The summed E-state index contributed by atoms with van der Waals surface area (Å²) in [5.74, 6) is 1.28. The highest BCUT2D eigenvalue weighted by atomic mass is 16.5. The lowest BCUT2D eigenvalue weighted by Crippen LogP contribution is -2.21. The minimum absolute atomic E-state index is 0.489. The highest BCUT2D eigenvalue weighted by Crippen LogP contribution is 2.36. The van der Waals surface area contributed by atoms with E-state index in [1.54, 1.807) is 20.3 Å². The Morgan fingerprint density at radius 3 is 2.53 bits per heavy atom. The van der Waals surface area contributed by atoms with Gasteiger partial charge in [0.15, 0.2) is 11.5 Å². The monoisotopic (exact) mass is 207 g/mol. The fraction of sp³-hybridized carbons (Fsp3) is 0.273.